The van der Waals surface area contributed by atoms with Gasteiger partial charge in [0.1, 0.15) is 12.4 Å². The topological polar surface area (TPSA) is 9.23 Å². The maximum Gasteiger partial charge on any atom is 0.139 e. The number of ether oxygens (including phenoxy) is 1. The number of rotatable bonds is 3. The zero-order valence-corrected chi connectivity index (χ0v) is 8.77. The van der Waals surface area contributed by atoms with Gasteiger partial charge in [-0.25, -0.2) is 0 Å². The van der Waals surface area contributed by atoms with Gasteiger partial charge in [0.05, 0.1) is 5.02 Å². The zero-order chi connectivity index (χ0) is 9.68. The van der Waals surface area contributed by atoms with Crippen LogP contribution in [0.25, 0.3) is 0 Å². The van der Waals surface area contributed by atoms with Crippen molar-refractivity contribution in [2.24, 2.45) is 0 Å². The van der Waals surface area contributed by atoms with Crippen molar-refractivity contribution < 1.29 is 4.74 Å². The molecule has 0 atom stereocenters. The lowest BCUT2D eigenvalue weighted by Crippen LogP contribution is -1.93. The monoisotopic (exact) mass is 216 g/mol. The predicted octanol–water partition coefficient (Wildman–Crippen LogP) is 3.95. The average Bonchev–Trinajstić information content (AvgIpc) is 2.11. The fraction of sp³-hybridized carbons (Fsp3) is 0.200. The van der Waals surface area contributed by atoms with Gasteiger partial charge in [-0.05, 0) is 19.1 Å². The second kappa shape index (κ2) is 5.15. The summed E-state index contributed by atoms with van der Waals surface area (Å²) in [7, 11) is 0. The minimum absolute atomic E-state index is 0.510. The molecule has 1 aromatic rings. The Hall–Kier alpha value is -0.660. The fourth-order valence-corrected chi connectivity index (χ4v) is 1.16. The number of halogens is 2. The molecule has 0 fully saturated rings. The maximum absolute atomic E-state index is 5.87. The fourth-order valence-electron chi connectivity index (χ4n) is 0.822. The van der Waals surface area contributed by atoms with Crippen LogP contribution in [0.5, 0.6) is 5.75 Å². The van der Waals surface area contributed by atoms with E-state index in [9.17, 15) is 0 Å². The molecule has 0 spiro atoms. The Morgan fingerprint density at radius 2 is 2.15 bits per heavy atom. The van der Waals surface area contributed by atoms with E-state index < -0.39 is 0 Å². The largest absolute Gasteiger partial charge is 0.488 e. The summed E-state index contributed by atoms with van der Waals surface area (Å²) in [5.41, 5.74) is 0. The highest BCUT2D eigenvalue weighted by Gasteiger charge is 2.00. The van der Waals surface area contributed by atoms with E-state index in [1.165, 1.54) is 0 Å². The molecule has 1 rings (SSSR count). The molecule has 0 saturated carbocycles. The summed E-state index contributed by atoms with van der Waals surface area (Å²) in [5, 5.41) is 1.20. The van der Waals surface area contributed by atoms with Gasteiger partial charge < -0.3 is 4.74 Å². The molecular weight excluding hydrogens is 207 g/mol. The highest BCUT2D eigenvalue weighted by atomic mass is 35.5. The lowest BCUT2D eigenvalue weighted by Gasteiger charge is -2.05. The normalized spacial score (nSPS) is 10.7. The first-order chi connectivity index (χ1) is 6.24. The van der Waals surface area contributed by atoms with Crippen LogP contribution in [0.3, 0.4) is 0 Å². The van der Waals surface area contributed by atoms with Gasteiger partial charge in [0.15, 0.2) is 0 Å². The van der Waals surface area contributed by atoms with Crippen LogP contribution in [-0.2, 0) is 0 Å². The summed E-state index contributed by atoms with van der Waals surface area (Å²) in [6.07, 6.45) is 3.82. The third kappa shape index (κ3) is 3.29. The summed E-state index contributed by atoms with van der Waals surface area (Å²) in [6, 6.07) is 5.15. The lowest BCUT2D eigenvalue weighted by molar-refractivity contribution is 0.363. The third-order valence-corrected chi connectivity index (χ3v) is 2.01. The molecule has 0 amide bonds. The van der Waals surface area contributed by atoms with Crippen LogP contribution >= 0.6 is 23.2 Å². The summed E-state index contributed by atoms with van der Waals surface area (Å²) in [4.78, 5) is 0. The van der Waals surface area contributed by atoms with Crippen LogP contribution < -0.4 is 4.74 Å². The van der Waals surface area contributed by atoms with Crippen molar-refractivity contribution in [3.63, 3.8) is 0 Å². The van der Waals surface area contributed by atoms with Crippen LogP contribution in [0, 0.1) is 0 Å². The van der Waals surface area contributed by atoms with E-state index in [1.54, 1.807) is 18.2 Å². The Balaban J connectivity index is 2.69. The van der Waals surface area contributed by atoms with Crippen molar-refractivity contribution in [1.82, 2.24) is 0 Å². The SMILES string of the molecule is C/C=C/COc1cc(Cl)ccc1Cl. The van der Waals surface area contributed by atoms with Gasteiger partial charge in [0, 0.05) is 11.1 Å². The van der Waals surface area contributed by atoms with E-state index in [-0.39, 0.29) is 0 Å². The van der Waals surface area contributed by atoms with Crippen LogP contribution in [-0.4, -0.2) is 6.61 Å². The van der Waals surface area contributed by atoms with Crippen LogP contribution in [0.2, 0.25) is 10.0 Å². The first-order valence-electron chi connectivity index (χ1n) is 3.93. The lowest BCUT2D eigenvalue weighted by atomic mass is 10.3. The molecule has 0 saturated heterocycles. The Morgan fingerprint density at radius 1 is 1.38 bits per heavy atom. The molecule has 0 aliphatic heterocycles. The number of hydrogen-bond acceptors (Lipinski definition) is 1. The minimum Gasteiger partial charge on any atom is -0.488 e. The van der Waals surface area contributed by atoms with Gasteiger partial charge in [-0.15, -0.1) is 0 Å². The van der Waals surface area contributed by atoms with E-state index in [2.05, 4.69) is 0 Å². The molecular formula is C10H10Cl2O. The van der Waals surface area contributed by atoms with Gasteiger partial charge in [-0.2, -0.15) is 0 Å². The first kappa shape index (κ1) is 10.4. The standard InChI is InChI=1S/C10H10Cl2O/c1-2-3-6-13-10-7-8(11)4-5-9(10)12/h2-5,7H,6H2,1H3/b3-2+. The van der Waals surface area contributed by atoms with Crippen molar-refractivity contribution in [2.75, 3.05) is 6.61 Å². The molecule has 1 aromatic carbocycles. The Morgan fingerprint density at radius 3 is 2.85 bits per heavy atom. The molecule has 0 radical (unpaired) electrons. The smallest absolute Gasteiger partial charge is 0.139 e. The van der Waals surface area contributed by atoms with Crippen molar-refractivity contribution in [2.45, 2.75) is 6.92 Å². The molecule has 0 unspecified atom stereocenters. The first-order valence-corrected chi connectivity index (χ1v) is 4.68. The Labute approximate surface area is 87.9 Å². The van der Waals surface area contributed by atoms with Gasteiger partial charge in [0.25, 0.3) is 0 Å². The molecule has 0 N–H and O–H groups in total. The quantitative estimate of drug-likeness (QED) is 0.696. The summed E-state index contributed by atoms with van der Waals surface area (Å²) < 4.78 is 5.35. The van der Waals surface area contributed by atoms with E-state index in [4.69, 9.17) is 27.9 Å². The number of benzene rings is 1. The highest BCUT2D eigenvalue weighted by molar-refractivity contribution is 6.34. The van der Waals surface area contributed by atoms with Crippen molar-refractivity contribution in [3.8, 4) is 5.75 Å². The summed E-state index contributed by atoms with van der Waals surface area (Å²) >= 11 is 11.6. The molecule has 0 aliphatic rings. The second-order valence-electron chi connectivity index (χ2n) is 2.45. The van der Waals surface area contributed by atoms with Crippen molar-refractivity contribution in [1.29, 1.82) is 0 Å². The Kier molecular flexibility index (Phi) is 4.13. The molecule has 0 aromatic heterocycles. The molecule has 1 nitrogen and oxygen atoms in total. The number of allylic oxidation sites excluding steroid dienone is 1. The summed E-state index contributed by atoms with van der Waals surface area (Å²) in [5.74, 6) is 0.618. The molecule has 70 valence electrons. The molecule has 3 heteroatoms. The van der Waals surface area contributed by atoms with E-state index in [1.807, 2.05) is 19.1 Å². The second-order valence-corrected chi connectivity index (χ2v) is 3.30. The van der Waals surface area contributed by atoms with Crippen molar-refractivity contribution >= 4 is 23.2 Å². The average molecular weight is 217 g/mol. The van der Waals surface area contributed by atoms with Crippen LogP contribution in [0.15, 0.2) is 30.4 Å². The van der Waals surface area contributed by atoms with E-state index in [0.717, 1.165) is 0 Å². The van der Waals surface area contributed by atoms with Gasteiger partial charge >= 0.3 is 0 Å². The third-order valence-electron chi connectivity index (χ3n) is 1.46. The van der Waals surface area contributed by atoms with Crippen LogP contribution in [0.1, 0.15) is 6.92 Å². The molecule has 0 heterocycles. The van der Waals surface area contributed by atoms with E-state index >= 15 is 0 Å². The summed E-state index contributed by atoms with van der Waals surface area (Å²) in [6.45, 7) is 2.44. The minimum atomic E-state index is 0.510. The molecule has 0 aliphatic carbocycles. The van der Waals surface area contributed by atoms with Gasteiger partial charge in [0.2, 0.25) is 0 Å². The van der Waals surface area contributed by atoms with Crippen molar-refractivity contribution in [3.05, 3.63) is 40.4 Å². The highest BCUT2D eigenvalue weighted by Crippen LogP contribution is 2.27. The molecule has 0 bridgehead atoms. The number of hydrogen-bond donors (Lipinski definition) is 0. The van der Waals surface area contributed by atoms with Crippen LogP contribution in [0.4, 0.5) is 0 Å². The van der Waals surface area contributed by atoms with Gasteiger partial charge in [-0.1, -0.05) is 35.4 Å². The van der Waals surface area contributed by atoms with E-state index in [0.29, 0.717) is 22.4 Å². The molecule has 13 heavy (non-hydrogen) atoms. The maximum atomic E-state index is 5.87. The predicted molar refractivity (Wildman–Crippen MR) is 56.8 cm³/mol. The Bertz CT molecular complexity index is 308. The van der Waals surface area contributed by atoms with Gasteiger partial charge in [-0.3, -0.25) is 0 Å². The zero-order valence-electron chi connectivity index (χ0n) is 7.26.